The molecule has 4 aromatic rings. The van der Waals surface area contributed by atoms with Gasteiger partial charge in [0.25, 0.3) is 0 Å². The molecule has 0 aromatic heterocycles. The minimum atomic E-state index is 0.582. The number of benzene rings is 4. The zero-order chi connectivity index (χ0) is 28.6. The predicted octanol–water partition coefficient (Wildman–Crippen LogP) is 6.85. The van der Waals surface area contributed by atoms with Crippen LogP contribution in [0.15, 0.2) is 48.5 Å². The summed E-state index contributed by atoms with van der Waals surface area (Å²) < 4.78 is 0. The second-order valence-electron chi connectivity index (χ2n) is 11.0. The Kier molecular flexibility index (Phi) is 7.44. The van der Waals surface area contributed by atoms with Crippen molar-refractivity contribution in [2.45, 2.75) is 53.4 Å². The third-order valence-corrected chi connectivity index (χ3v) is 8.65. The van der Waals surface area contributed by atoms with Crippen molar-refractivity contribution in [2.24, 2.45) is 0 Å². The summed E-state index contributed by atoms with van der Waals surface area (Å²) in [6, 6.07) is 15.5. The van der Waals surface area contributed by atoms with Crippen molar-refractivity contribution in [3.05, 3.63) is 138 Å². The number of rotatable bonds is 4. The highest BCUT2D eigenvalue weighted by molar-refractivity contribution is 5.79. The van der Waals surface area contributed by atoms with Crippen molar-refractivity contribution in [3.8, 4) is 0 Å². The van der Waals surface area contributed by atoms with Crippen molar-refractivity contribution < 1.29 is 19.2 Å². The van der Waals surface area contributed by atoms with Crippen LogP contribution in [0.5, 0.6) is 0 Å². The van der Waals surface area contributed by atoms with E-state index in [9.17, 15) is 19.2 Å². The highest BCUT2D eigenvalue weighted by Gasteiger charge is 2.18. The average molecular weight is 529 g/mol. The van der Waals surface area contributed by atoms with Crippen LogP contribution < -0.4 is 0 Å². The molecule has 4 nitrogen and oxygen atoms in total. The zero-order valence-electron chi connectivity index (χ0n) is 23.4. The summed E-state index contributed by atoms with van der Waals surface area (Å²) in [5.41, 5.74) is 15.1. The van der Waals surface area contributed by atoms with Gasteiger partial charge in [-0.3, -0.25) is 19.2 Å². The van der Waals surface area contributed by atoms with E-state index in [0.29, 0.717) is 47.9 Å². The van der Waals surface area contributed by atoms with Gasteiger partial charge < -0.3 is 0 Å². The van der Waals surface area contributed by atoms with E-state index >= 15 is 0 Å². The molecular formula is C36H32O4. The van der Waals surface area contributed by atoms with Crippen molar-refractivity contribution in [2.75, 3.05) is 0 Å². The number of carbonyl (C=O) groups excluding carboxylic acids is 4. The third-order valence-electron chi connectivity index (χ3n) is 8.65. The van der Waals surface area contributed by atoms with Crippen LogP contribution in [0.3, 0.4) is 0 Å². The van der Waals surface area contributed by atoms with Crippen molar-refractivity contribution >= 4 is 25.1 Å². The third kappa shape index (κ3) is 5.10. The molecule has 0 atom stereocenters. The minimum Gasteiger partial charge on any atom is -0.298 e. The van der Waals surface area contributed by atoms with Crippen LogP contribution >= 0.6 is 0 Å². The molecule has 1 aliphatic carbocycles. The van der Waals surface area contributed by atoms with Gasteiger partial charge in [-0.15, -0.1) is 0 Å². The van der Waals surface area contributed by atoms with Gasteiger partial charge in [0.1, 0.15) is 25.1 Å². The van der Waals surface area contributed by atoms with E-state index in [4.69, 9.17) is 0 Å². The van der Waals surface area contributed by atoms with Gasteiger partial charge in [-0.05, 0) is 169 Å². The van der Waals surface area contributed by atoms with E-state index in [1.807, 2.05) is 48.5 Å². The molecule has 4 heteroatoms. The molecule has 0 radical (unpaired) electrons. The van der Waals surface area contributed by atoms with E-state index in [2.05, 4.69) is 27.7 Å². The molecule has 0 N–H and O–H groups in total. The fourth-order valence-electron chi connectivity index (χ4n) is 6.03. The largest absolute Gasteiger partial charge is 0.298 e. The number of hydrogen-bond donors (Lipinski definition) is 0. The van der Waals surface area contributed by atoms with E-state index in [1.54, 1.807) is 0 Å². The summed E-state index contributed by atoms with van der Waals surface area (Å²) in [7, 11) is 0. The van der Waals surface area contributed by atoms with Gasteiger partial charge >= 0.3 is 0 Å². The first-order chi connectivity index (χ1) is 19.2. The first kappa shape index (κ1) is 27.1. The van der Waals surface area contributed by atoms with Crippen molar-refractivity contribution in [3.63, 3.8) is 0 Å². The topological polar surface area (TPSA) is 68.3 Å². The average Bonchev–Trinajstić information content (AvgIpc) is 2.95. The monoisotopic (exact) mass is 528 g/mol. The molecule has 5 rings (SSSR count). The Morgan fingerprint density at radius 2 is 0.500 bits per heavy atom. The second-order valence-corrected chi connectivity index (χ2v) is 11.0. The van der Waals surface area contributed by atoms with Crippen LogP contribution in [0, 0.1) is 27.7 Å². The molecule has 40 heavy (non-hydrogen) atoms. The lowest BCUT2D eigenvalue weighted by Crippen LogP contribution is -2.08. The summed E-state index contributed by atoms with van der Waals surface area (Å²) in [4.78, 5) is 47.9. The number of carbonyl (C=O) groups is 4. The second kappa shape index (κ2) is 11.0. The Morgan fingerprint density at radius 1 is 0.350 bits per heavy atom. The first-order valence-electron chi connectivity index (χ1n) is 13.5. The van der Waals surface area contributed by atoms with E-state index < -0.39 is 0 Å². The van der Waals surface area contributed by atoms with E-state index in [-0.39, 0.29) is 0 Å². The van der Waals surface area contributed by atoms with Gasteiger partial charge in [0.05, 0.1) is 0 Å². The molecule has 4 aromatic carbocycles. The van der Waals surface area contributed by atoms with Crippen LogP contribution in [-0.2, 0) is 25.7 Å². The molecule has 0 saturated heterocycles. The molecule has 8 bridgehead atoms. The quantitative estimate of drug-likeness (QED) is 0.239. The Labute approximate surface area is 235 Å². The number of hydrogen-bond acceptors (Lipinski definition) is 4. The summed E-state index contributed by atoms with van der Waals surface area (Å²) in [6.45, 7) is 8.32. The highest BCUT2D eigenvalue weighted by atomic mass is 16.1. The Hall–Kier alpha value is -4.44. The first-order valence-corrected chi connectivity index (χ1v) is 13.5. The molecule has 0 unspecified atom stereocenters. The van der Waals surface area contributed by atoms with Crippen LogP contribution in [-0.4, -0.2) is 25.1 Å². The molecule has 1 aliphatic rings. The maximum atomic E-state index is 12.0. The van der Waals surface area contributed by atoms with Crippen LogP contribution in [0.4, 0.5) is 0 Å². The fourth-order valence-corrected chi connectivity index (χ4v) is 6.03. The lowest BCUT2D eigenvalue weighted by Gasteiger charge is -2.21. The molecule has 0 aliphatic heterocycles. The summed E-state index contributed by atoms with van der Waals surface area (Å²) in [5.74, 6) is 0. The van der Waals surface area contributed by atoms with Gasteiger partial charge in [-0.25, -0.2) is 0 Å². The Balaban J connectivity index is 1.83. The molecule has 0 heterocycles. The smallest absolute Gasteiger partial charge is 0.150 e. The van der Waals surface area contributed by atoms with E-state index in [1.165, 1.54) is 0 Å². The van der Waals surface area contributed by atoms with Crippen LogP contribution in [0.2, 0.25) is 0 Å². The van der Waals surface area contributed by atoms with Gasteiger partial charge in [-0.2, -0.15) is 0 Å². The van der Waals surface area contributed by atoms with Gasteiger partial charge in [-0.1, -0.05) is 0 Å². The number of fused-ring (bicyclic) bond motifs is 8. The Morgan fingerprint density at radius 3 is 0.625 bits per heavy atom. The lowest BCUT2D eigenvalue weighted by atomic mass is 9.84. The van der Waals surface area contributed by atoms with Gasteiger partial charge in [0.15, 0.2) is 0 Å². The molecule has 0 fully saturated rings. The summed E-state index contributed by atoms with van der Waals surface area (Å²) >= 11 is 0. The summed E-state index contributed by atoms with van der Waals surface area (Å²) in [5, 5.41) is 0. The number of aldehydes is 4. The minimum absolute atomic E-state index is 0.582. The standard InChI is InChI=1S/C36H32O4/c1-21-29-5-25(17-37)6-30(21)14-32-8-27(19-39)10-34(23(32)3)16-36-12-28(20-40)11-35(24(36)4)15-33-9-26(18-38)7-31(13-29)22(33)2/h5-12,17-20H,13-16H2,1-4H3. The lowest BCUT2D eigenvalue weighted by molar-refractivity contribution is 0.111. The maximum Gasteiger partial charge on any atom is 0.150 e. The molecular weight excluding hydrogens is 496 g/mol. The summed E-state index contributed by atoms with van der Waals surface area (Å²) in [6.07, 6.45) is 5.85. The molecule has 200 valence electrons. The molecule has 0 spiro atoms. The fraction of sp³-hybridized carbons (Fsp3) is 0.222. The van der Waals surface area contributed by atoms with Gasteiger partial charge in [0, 0.05) is 22.3 Å². The Bertz CT molecular complexity index is 1360. The van der Waals surface area contributed by atoms with E-state index in [0.717, 1.165) is 91.9 Å². The zero-order valence-corrected chi connectivity index (χ0v) is 23.4. The maximum absolute atomic E-state index is 12.0. The van der Waals surface area contributed by atoms with Crippen LogP contribution in [0.25, 0.3) is 0 Å². The highest BCUT2D eigenvalue weighted by Crippen LogP contribution is 2.31. The van der Waals surface area contributed by atoms with Crippen molar-refractivity contribution in [1.29, 1.82) is 0 Å². The van der Waals surface area contributed by atoms with Crippen molar-refractivity contribution in [1.82, 2.24) is 0 Å². The predicted molar refractivity (Wildman–Crippen MR) is 157 cm³/mol. The normalized spacial score (nSPS) is 12.5. The van der Waals surface area contributed by atoms with Gasteiger partial charge in [0.2, 0.25) is 0 Å². The molecule has 0 saturated carbocycles. The van der Waals surface area contributed by atoms with Crippen LogP contribution in [0.1, 0.15) is 108 Å². The SMILES string of the molecule is Cc1c2cc(C=O)cc1Cc1cc(C=O)cc(c1C)Cc1cc(C=O)cc(c1C)Cc1cc(C=O)cc(c1C)C2. The molecule has 0 amide bonds.